The van der Waals surface area contributed by atoms with E-state index in [1.165, 1.54) is 51.7 Å². The number of hydrogen-bond donors (Lipinski definition) is 1. The zero-order chi connectivity index (χ0) is 14.3. The van der Waals surface area contributed by atoms with Gasteiger partial charge in [-0.2, -0.15) is 0 Å². The van der Waals surface area contributed by atoms with Crippen LogP contribution in [0.15, 0.2) is 0 Å². The van der Waals surface area contributed by atoms with Crippen LogP contribution in [-0.4, -0.2) is 53.6 Å². The monoisotopic (exact) mass is 279 g/mol. The Morgan fingerprint density at radius 3 is 2.60 bits per heavy atom. The van der Waals surface area contributed by atoms with Crippen LogP contribution in [0.25, 0.3) is 0 Å². The van der Waals surface area contributed by atoms with Crippen molar-refractivity contribution >= 4 is 0 Å². The van der Waals surface area contributed by atoms with Crippen molar-refractivity contribution in [2.75, 3.05) is 26.2 Å². The van der Waals surface area contributed by atoms with Gasteiger partial charge in [-0.3, -0.25) is 9.80 Å². The normalized spacial score (nSPS) is 47.4. The Hall–Kier alpha value is -0.120. The predicted octanol–water partition coefficient (Wildman–Crippen LogP) is 2.31. The maximum atomic E-state index is 6.32. The molecule has 2 heterocycles. The molecule has 3 fully saturated rings. The molecule has 0 radical (unpaired) electrons. The number of nitrogens with two attached hydrogens (primary N) is 1. The Labute approximate surface area is 124 Å². The highest BCUT2D eigenvalue weighted by Gasteiger charge is 2.46. The van der Waals surface area contributed by atoms with Crippen LogP contribution in [0.1, 0.15) is 52.9 Å². The lowest BCUT2D eigenvalue weighted by Gasteiger charge is -2.55. The average molecular weight is 279 g/mol. The molecule has 1 saturated carbocycles. The minimum absolute atomic E-state index is 0.292. The smallest absolute Gasteiger partial charge is 0.0338 e. The van der Waals surface area contributed by atoms with Crippen LogP contribution in [0.5, 0.6) is 0 Å². The summed E-state index contributed by atoms with van der Waals surface area (Å²) in [4.78, 5) is 5.54. The first-order valence-corrected chi connectivity index (χ1v) is 8.76. The van der Waals surface area contributed by atoms with E-state index in [0.29, 0.717) is 11.6 Å². The summed E-state index contributed by atoms with van der Waals surface area (Å²) < 4.78 is 0. The largest absolute Gasteiger partial charge is 0.329 e. The zero-order valence-corrected chi connectivity index (χ0v) is 13.6. The Bertz CT molecular complexity index is 345. The Balaban J connectivity index is 1.78. The summed E-state index contributed by atoms with van der Waals surface area (Å²) in [7, 11) is 0. The molecule has 3 heteroatoms. The van der Waals surface area contributed by atoms with E-state index in [1.54, 1.807) is 0 Å². The Morgan fingerprint density at radius 2 is 1.90 bits per heavy atom. The van der Waals surface area contributed by atoms with Crippen molar-refractivity contribution < 1.29 is 0 Å². The van der Waals surface area contributed by atoms with Gasteiger partial charge in [-0.15, -0.1) is 0 Å². The van der Waals surface area contributed by atoms with E-state index in [4.69, 9.17) is 5.73 Å². The molecule has 3 aliphatic rings. The van der Waals surface area contributed by atoms with Crippen LogP contribution in [0, 0.1) is 11.8 Å². The van der Waals surface area contributed by atoms with E-state index in [2.05, 4.69) is 30.6 Å². The van der Waals surface area contributed by atoms with Crippen LogP contribution < -0.4 is 5.73 Å². The fraction of sp³-hybridized carbons (Fsp3) is 1.00. The number of nitrogens with zero attached hydrogens (tertiary/aromatic N) is 2. The minimum atomic E-state index is 0.292. The molecule has 0 aromatic heterocycles. The second-order valence-corrected chi connectivity index (χ2v) is 7.92. The van der Waals surface area contributed by atoms with E-state index in [-0.39, 0.29) is 0 Å². The highest BCUT2D eigenvalue weighted by Crippen LogP contribution is 2.42. The molecule has 116 valence electrons. The predicted molar refractivity (Wildman–Crippen MR) is 84.7 cm³/mol. The van der Waals surface area contributed by atoms with Gasteiger partial charge in [-0.1, -0.05) is 13.8 Å². The number of hydrogen-bond acceptors (Lipinski definition) is 3. The lowest BCUT2D eigenvalue weighted by atomic mass is 9.69. The van der Waals surface area contributed by atoms with Gasteiger partial charge in [-0.05, 0) is 57.4 Å². The van der Waals surface area contributed by atoms with Gasteiger partial charge in [0.15, 0.2) is 0 Å². The molecule has 0 amide bonds. The third kappa shape index (κ3) is 2.42. The number of rotatable bonds is 2. The highest BCUT2D eigenvalue weighted by atomic mass is 15.3. The first-order valence-electron chi connectivity index (χ1n) is 8.76. The molecule has 3 rings (SSSR count). The van der Waals surface area contributed by atoms with E-state index in [9.17, 15) is 0 Å². The summed E-state index contributed by atoms with van der Waals surface area (Å²) in [5.74, 6) is 1.69. The van der Waals surface area contributed by atoms with Crippen LogP contribution in [0.2, 0.25) is 0 Å². The third-order valence-corrected chi connectivity index (χ3v) is 6.66. The van der Waals surface area contributed by atoms with E-state index >= 15 is 0 Å². The van der Waals surface area contributed by atoms with Gasteiger partial charge in [0.25, 0.3) is 0 Å². The molecule has 0 bridgehead atoms. The molecule has 2 aliphatic heterocycles. The van der Waals surface area contributed by atoms with Gasteiger partial charge in [0.05, 0.1) is 0 Å². The SMILES string of the molecule is CC1CCC(CN)(N2CC3CCCN3CC2C)CC1C. The molecule has 0 aromatic rings. The second kappa shape index (κ2) is 5.58. The molecule has 5 atom stereocenters. The second-order valence-electron chi connectivity index (χ2n) is 7.92. The van der Waals surface area contributed by atoms with Crippen molar-refractivity contribution in [3.05, 3.63) is 0 Å². The third-order valence-electron chi connectivity index (χ3n) is 6.66. The summed E-state index contributed by atoms with van der Waals surface area (Å²) >= 11 is 0. The summed E-state index contributed by atoms with van der Waals surface area (Å²) in [5.41, 5.74) is 6.61. The molecular formula is C17H33N3. The van der Waals surface area contributed by atoms with Gasteiger partial charge >= 0.3 is 0 Å². The van der Waals surface area contributed by atoms with Gasteiger partial charge in [-0.25, -0.2) is 0 Å². The van der Waals surface area contributed by atoms with Gasteiger partial charge in [0.2, 0.25) is 0 Å². The van der Waals surface area contributed by atoms with Crippen LogP contribution in [0.4, 0.5) is 0 Å². The summed E-state index contributed by atoms with van der Waals surface area (Å²) in [6.07, 6.45) is 6.77. The first-order chi connectivity index (χ1) is 9.55. The van der Waals surface area contributed by atoms with Gasteiger partial charge in [0, 0.05) is 37.3 Å². The molecule has 20 heavy (non-hydrogen) atoms. The molecule has 2 N–H and O–H groups in total. The fourth-order valence-corrected chi connectivity index (χ4v) is 5.10. The van der Waals surface area contributed by atoms with Crippen molar-refractivity contribution in [3.63, 3.8) is 0 Å². The number of fused-ring (bicyclic) bond motifs is 1. The lowest BCUT2D eigenvalue weighted by molar-refractivity contribution is -0.0537. The molecule has 0 spiro atoms. The molecular weight excluding hydrogens is 246 g/mol. The fourth-order valence-electron chi connectivity index (χ4n) is 5.10. The number of piperazine rings is 1. The van der Waals surface area contributed by atoms with E-state index in [1.807, 2.05) is 0 Å². The Morgan fingerprint density at radius 1 is 1.10 bits per heavy atom. The Kier molecular flexibility index (Phi) is 4.13. The zero-order valence-electron chi connectivity index (χ0n) is 13.6. The van der Waals surface area contributed by atoms with Crippen LogP contribution >= 0.6 is 0 Å². The average Bonchev–Trinajstić information content (AvgIpc) is 2.88. The van der Waals surface area contributed by atoms with Gasteiger partial charge < -0.3 is 5.73 Å². The molecule has 1 aliphatic carbocycles. The molecule has 2 saturated heterocycles. The lowest BCUT2D eigenvalue weighted by Crippen LogP contribution is -2.66. The maximum Gasteiger partial charge on any atom is 0.0338 e. The standard InChI is InChI=1S/C17H33N3/c1-13-6-7-17(12-18,9-14(13)2)20-11-16-5-4-8-19(16)10-15(20)3/h13-16H,4-12,18H2,1-3H3. The van der Waals surface area contributed by atoms with Crippen LogP contribution in [0.3, 0.4) is 0 Å². The summed E-state index contributed by atoms with van der Waals surface area (Å²) in [6.45, 7) is 12.0. The first kappa shape index (κ1) is 14.8. The van der Waals surface area contributed by atoms with Gasteiger partial charge in [0.1, 0.15) is 0 Å². The van der Waals surface area contributed by atoms with Crippen molar-refractivity contribution in [1.82, 2.24) is 9.80 Å². The van der Waals surface area contributed by atoms with E-state index in [0.717, 1.165) is 24.4 Å². The minimum Gasteiger partial charge on any atom is -0.329 e. The molecule has 3 nitrogen and oxygen atoms in total. The maximum absolute atomic E-state index is 6.32. The van der Waals surface area contributed by atoms with Crippen molar-refractivity contribution in [3.8, 4) is 0 Å². The van der Waals surface area contributed by atoms with Crippen molar-refractivity contribution in [2.45, 2.75) is 70.5 Å². The highest BCUT2D eigenvalue weighted by molar-refractivity contribution is 5.03. The van der Waals surface area contributed by atoms with Crippen molar-refractivity contribution in [2.24, 2.45) is 17.6 Å². The summed E-state index contributed by atoms with van der Waals surface area (Å²) in [5, 5.41) is 0. The van der Waals surface area contributed by atoms with Crippen molar-refractivity contribution in [1.29, 1.82) is 0 Å². The topological polar surface area (TPSA) is 32.5 Å². The quantitative estimate of drug-likeness (QED) is 0.842. The van der Waals surface area contributed by atoms with Crippen LogP contribution in [-0.2, 0) is 0 Å². The molecule has 5 unspecified atom stereocenters. The summed E-state index contributed by atoms with van der Waals surface area (Å²) in [6, 6.07) is 1.48. The van der Waals surface area contributed by atoms with E-state index < -0.39 is 0 Å². The molecule has 0 aromatic carbocycles.